The highest BCUT2D eigenvalue weighted by atomic mass is 19.1. The summed E-state index contributed by atoms with van der Waals surface area (Å²) in [6.07, 6.45) is 0.650. The van der Waals surface area contributed by atoms with Crippen molar-refractivity contribution in [2.75, 3.05) is 6.54 Å². The van der Waals surface area contributed by atoms with Crippen LogP contribution in [-0.2, 0) is 6.42 Å². The van der Waals surface area contributed by atoms with Gasteiger partial charge < -0.3 is 5.73 Å². The molecule has 2 aromatic carbocycles. The van der Waals surface area contributed by atoms with E-state index in [1.54, 1.807) is 0 Å². The Morgan fingerprint density at radius 3 is 2.19 bits per heavy atom. The summed E-state index contributed by atoms with van der Waals surface area (Å²) in [5, 5.41) is 0. The van der Waals surface area contributed by atoms with Crippen molar-refractivity contribution < 1.29 is 8.78 Å². The van der Waals surface area contributed by atoms with Gasteiger partial charge in [0.25, 0.3) is 0 Å². The molecule has 2 aromatic rings. The van der Waals surface area contributed by atoms with Crippen LogP contribution in [0.25, 0.3) is 0 Å². The van der Waals surface area contributed by atoms with Crippen molar-refractivity contribution in [1.82, 2.24) is 0 Å². The fourth-order valence-electron chi connectivity index (χ4n) is 2.48. The summed E-state index contributed by atoms with van der Waals surface area (Å²) in [5.74, 6) is -0.744. The van der Waals surface area contributed by atoms with E-state index >= 15 is 0 Å². The monoisotopic (exact) mass is 289 g/mol. The minimum absolute atomic E-state index is 0.143. The number of halogens is 2. The first-order valence-electron chi connectivity index (χ1n) is 7.25. The lowest BCUT2D eigenvalue weighted by atomic mass is 9.90. The van der Waals surface area contributed by atoms with Gasteiger partial charge in [-0.2, -0.15) is 0 Å². The summed E-state index contributed by atoms with van der Waals surface area (Å²) >= 11 is 0. The maximum absolute atomic E-state index is 13.9. The van der Waals surface area contributed by atoms with E-state index in [-0.39, 0.29) is 5.92 Å². The Morgan fingerprint density at radius 2 is 1.67 bits per heavy atom. The van der Waals surface area contributed by atoms with Gasteiger partial charge in [0.05, 0.1) is 0 Å². The average molecular weight is 289 g/mol. The lowest BCUT2D eigenvalue weighted by molar-refractivity contribution is 0.551. The highest BCUT2D eigenvalue weighted by molar-refractivity contribution is 5.29. The maximum atomic E-state index is 13.9. The van der Waals surface area contributed by atoms with E-state index in [0.29, 0.717) is 24.4 Å². The summed E-state index contributed by atoms with van der Waals surface area (Å²) in [4.78, 5) is 0. The molecule has 112 valence electrons. The van der Waals surface area contributed by atoms with Gasteiger partial charge in [-0.15, -0.1) is 0 Å². The second-order valence-electron chi connectivity index (χ2n) is 5.70. The molecule has 0 heterocycles. The highest BCUT2D eigenvalue weighted by Crippen LogP contribution is 2.24. The van der Waals surface area contributed by atoms with Crippen molar-refractivity contribution in [2.45, 2.75) is 32.1 Å². The maximum Gasteiger partial charge on any atom is 0.129 e. The molecule has 0 aromatic heterocycles. The molecule has 0 bridgehead atoms. The van der Waals surface area contributed by atoms with Crippen molar-refractivity contribution in [3.8, 4) is 0 Å². The predicted molar refractivity (Wildman–Crippen MR) is 82.4 cm³/mol. The van der Waals surface area contributed by atoms with Crippen molar-refractivity contribution in [3.63, 3.8) is 0 Å². The van der Waals surface area contributed by atoms with Crippen LogP contribution in [0.3, 0.4) is 0 Å². The first-order valence-corrected chi connectivity index (χ1v) is 7.25. The van der Waals surface area contributed by atoms with Crippen molar-refractivity contribution in [1.29, 1.82) is 0 Å². The molecule has 1 nitrogen and oxygen atoms in total. The molecule has 1 atom stereocenters. The van der Waals surface area contributed by atoms with Crippen LogP contribution in [0.5, 0.6) is 0 Å². The Balaban J connectivity index is 2.18. The van der Waals surface area contributed by atoms with E-state index in [0.717, 1.165) is 11.6 Å². The van der Waals surface area contributed by atoms with Gasteiger partial charge in [-0.05, 0) is 41.6 Å². The molecule has 0 aliphatic rings. The molecule has 0 saturated heterocycles. The van der Waals surface area contributed by atoms with Gasteiger partial charge >= 0.3 is 0 Å². The predicted octanol–water partition coefficient (Wildman–Crippen LogP) is 4.37. The molecule has 2 rings (SSSR count). The van der Waals surface area contributed by atoms with Gasteiger partial charge in [-0.25, -0.2) is 8.78 Å². The van der Waals surface area contributed by atoms with Crippen molar-refractivity contribution >= 4 is 0 Å². The second kappa shape index (κ2) is 6.81. The molecule has 1 unspecified atom stereocenters. The molecule has 21 heavy (non-hydrogen) atoms. The Labute approximate surface area is 124 Å². The van der Waals surface area contributed by atoms with E-state index in [2.05, 4.69) is 38.1 Å². The normalized spacial score (nSPS) is 12.7. The molecule has 2 N–H and O–H groups in total. The quantitative estimate of drug-likeness (QED) is 0.869. The van der Waals surface area contributed by atoms with E-state index < -0.39 is 11.6 Å². The Morgan fingerprint density at radius 1 is 1.00 bits per heavy atom. The summed E-state index contributed by atoms with van der Waals surface area (Å²) < 4.78 is 26.9. The van der Waals surface area contributed by atoms with Crippen LogP contribution in [0.1, 0.15) is 42.4 Å². The lowest BCUT2D eigenvalue weighted by Gasteiger charge is -2.17. The summed E-state index contributed by atoms with van der Waals surface area (Å²) in [7, 11) is 0. The third kappa shape index (κ3) is 3.88. The standard InChI is InChI=1S/C18H21F2N/c1-12(2)14-5-3-13(4-6-14)9-15(11-21)17-8-7-16(19)10-18(17)20/h3-8,10,12,15H,9,11,21H2,1-2H3. The Kier molecular flexibility index (Phi) is 5.07. The number of rotatable bonds is 5. The topological polar surface area (TPSA) is 26.0 Å². The van der Waals surface area contributed by atoms with E-state index in [9.17, 15) is 8.78 Å². The van der Waals surface area contributed by atoms with Crippen LogP contribution in [0.15, 0.2) is 42.5 Å². The summed E-state index contributed by atoms with van der Waals surface area (Å²) in [5.41, 5.74) is 8.64. The zero-order valence-electron chi connectivity index (χ0n) is 12.4. The molecule has 0 fully saturated rings. The number of hydrogen-bond acceptors (Lipinski definition) is 1. The fourth-order valence-corrected chi connectivity index (χ4v) is 2.48. The fraction of sp³-hybridized carbons (Fsp3) is 0.333. The first-order chi connectivity index (χ1) is 10.0. The smallest absolute Gasteiger partial charge is 0.129 e. The second-order valence-corrected chi connectivity index (χ2v) is 5.70. The van der Waals surface area contributed by atoms with Crippen LogP contribution in [0, 0.1) is 11.6 Å². The van der Waals surface area contributed by atoms with E-state index in [1.165, 1.54) is 17.7 Å². The molecule has 0 aliphatic heterocycles. The first kappa shape index (κ1) is 15.6. The third-order valence-corrected chi connectivity index (χ3v) is 3.82. The Hall–Kier alpha value is -1.74. The minimum atomic E-state index is -0.562. The van der Waals surface area contributed by atoms with Gasteiger partial charge in [0.2, 0.25) is 0 Å². The van der Waals surface area contributed by atoms with Crippen molar-refractivity contribution in [2.24, 2.45) is 5.73 Å². The van der Waals surface area contributed by atoms with Crippen LogP contribution >= 0.6 is 0 Å². The SMILES string of the molecule is CC(C)c1ccc(CC(CN)c2ccc(F)cc2F)cc1. The molecule has 0 aliphatic carbocycles. The molecule has 0 amide bonds. The van der Waals surface area contributed by atoms with Gasteiger partial charge in [-0.1, -0.05) is 44.2 Å². The molecular formula is C18H21F2N. The zero-order chi connectivity index (χ0) is 15.4. The molecule has 0 radical (unpaired) electrons. The third-order valence-electron chi connectivity index (χ3n) is 3.82. The van der Waals surface area contributed by atoms with Gasteiger partial charge in [-0.3, -0.25) is 0 Å². The van der Waals surface area contributed by atoms with Gasteiger partial charge in [0, 0.05) is 12.0 Å². The molecular weight excluding hydrogens is 268 g/mol. The zero-order valence-corrected chi connectivity index (χ0v) is 12.4. The molecule has 0 saturated carbocycles. The van der Waals surface area contributed by atoms with Crippen molar-refractivity contribution in [3.05, 3.63) is 70.8 Å². The molecule has 0 spiro atoms. The van der Waals surface area contributed by atoms with Gasteiger partial charge in [0.15, 0.2) is 0 Å². The average Bonchev–Trinajstić information content (AvgIpc) is 2.46. The molecule has 3 heteroatoms. The number of nitrogens with two attached hydrogens (primary N) is 1. The number of hydrogen-bond donors (Lipinski definition) is 1. The lowest BCUT2D eigenvalue weighted by Crippen LogP contribution is -2.16. The largest absolute Gasteiger partial charge is 0.330 e. The van der Waals surface area contributed by atoms with E-state index in [4.69, 9.17) is 5.73 Å². The van der Waals surface area contributed by atoms with E-state index in [1.807, 2.05) is 0 Å². The Bertz CT molecular complexity index is 591. The van der Waals surface area contributed by atoms with Crippen LogP contribution in [0.2, 0.25) is 0 Å². The highest BCUT2D eigenvalue weighted by Gasteiger charge is 2.15. The van der Waals surface area contributed by atoms with Crippen LogP contribution < -0.4 is 5.73 Å². The van der Waals surface area contributed by atoms with Gasteiger partial charge in [0.1, 0.15) is 11.6 Å². The summed E-state index contributed by atoms with van der Waals surface area (Å²) in [6.45, 7) is 4.62. The minimum Gasteiger partial charge on any atom is -0.330 e. The van der Waals surface area contributed by atoms with Crippen LogP contribution in [0.4, 0.5) is 8.78 Å². The number of benzene rings is 2. The van der Waals surface area contributed by atoms with Crippen LogP contribution in [-0.4, -0.2) is 6.54 Å². The summed E-state index contributed by atoms with van der Waals surface area (Å²) in [6, 6.07) is 12.0.